The van der Waals surface area contributed by atoms with Gasteiger partial charge in [0.25, 0.3) is 0 Å². The summed E-state index contributed by atoms with van der Waals surface area (Å²) in [5.74, 6) is -1.85. The predicted octanol–water partition coefficient (Wildman–Crippen LogP) is 3.86. The van der Waals surface area contributed by atoms with E-state index in [1.54, 1.807) is 12.1 Å². The lowest BCUT2D eigenvalue weighted by atomic mass is 9.73. The van der Waals surface area contributed by atoms with Crippen LogP contribution in [-0.2, 0) is 14.9 Å². The first kappa shape index (κ1) is 18.4. The van der Waals surface area contributed by atoms with Crippen LogP contribution in [0.5, 0.6) is 0 Å². The number of rotatable bonds is 4. The van der Waals surface area contributed by atoms with E-state index in [-0.39, 0.29) is 16.5 Å². The highest BCUT2D eigenvalue weighted by atomic mass is 35.5. The topological polar surface area (TPSA) is 75.6 Å². The van der Waals surface area contributed by atoms with Crippen molar-refractivity contribution in [3.63, 3.8) is 0 Å². The fourth-order valence-electron chi connectivity index (χ4n) is 3.17. The van der Waals surface area contributed by atoms with Crippen LogP contribution in [0.4, 0.5) is 10.1 Å². The molecule has 1 aliphatic heterocycles. The van der Waals surface area contributed by atoms with Crippen LogP contribution in [0, 0.1) is 5.82 Å². The molecule has 3 rings (SSSR count). The smallest absolute Gasteiger partial charge is 0.337 e. The van der Waals surface area contributed by atoms with Crippen molar-refractivity contribution >= 4 is 29.2 Å². The third-order valence-electron chi connectivity index (χ3n) is 4.62. The van der Waals surface area contributed by atoms with Gasteiger partial charge in [0.2, 0.25) is 5.91 Å². The van der Waals surface area contributed by atoms with E-state index < -0.39 is 17.2 Å². The van der Waals surface area contributed by atoms with Crippen LogP contribution in [0.25, 0.3) is 0 Å². The van der Waals surface area contributed by atoms with Crippen molar-refractivity contribution in [2.75, 3.05) is 18.5 Å². The van der Waals surface area contributed by atoms with Gasteiger partial charge in [0.05, 0.1) is 16.0 Å². The SMILES string of the molecule is O=C(O)c1ccc(NC(=O)C2(c3cccc(F)c3)CCOCC2)cc1Cl. The minimum atomic E-state index is -1.14. The van der Waals surface area contributed by atoms with Gasteiger partial charge in [-0.15, -0.1) is 0 Å². The summed E-state index contributed by atoms with van der Waals surface area (Å²) in [7, 11) is 0. The van der Waals surface area contributed by atoms with Crippen molar-refractivity contribution in [1.82, 2.24) is 0 Å². The summed E-state index contributed by atoms with van der Waals surface area (Å²) in [6.45, 7) is 0.783. The van der Waals surface area contributed by atoms with Gasteiger partial charge in [-0.25, -0.2) is 9.18 Å². The Morgan fingerprint density at radius 1 is 1.15 bits per heavy atom. The molecule has 2 aromatic carbocycles. The molecule has 26 heavy (non-hydrogen) atoms. The van der Waals surface area contributed by atoms with Crippen molar-refractivity contribution in [3.05, 3.63) is 64.4 Å². The molecular weight excluding hydrogens is 361 g/mol. The Balaban J connectivity index is 1.92. The summed E-state index contributed by atoms with van der Waals surface area (Å²) in [6, 6.07) is 10.2. The standard InChI is InChI=1S/C19H17ClFNO4/c20-16-11-14(4-5-15(16)17(23)24)22-18(25)19(6-8-26-9-7-19)12-2-1-3-13(21)10-12/h1-5,10-11H,6-9H2,(H,22,25)(H,23,24). The van der Waals surface area contributed by atoms with Crippen LogP contribution in [0.2, 0.25) is 5.02 Å². The summed E-state index contributed by atoms with van der Waals surface area (Å²) in [5.41, 5.74) is 0.00701. The van der Waals surface area contributed by atoms with Gasteiger partial charge in [0.1, 0.15) is 5.82 Å². The molecule has 1 fully saturated rings. The summed E-state index contributed by atoms with van der Waals surface area (Å²) in [4.78, 5) is 24.1. The molecule has 5 nitrogen and oxygen atoms in total. The second-order valence-corrected chi connectivity index (χ2v) is 6.57. The third kappa shape index (κ3) is 3.57. The number of ether oxygens (including phenoxy) is 1. The number of nitrogens with one attached hydrogen (secondary N) is 1. The molecule has 7 heteroatoms. The van der Waals surface area contributed by atoms with Gasteiger partial charge in [-0.3, -0.25) is 4.79 Å². The molecular formula is C19H17ClFNO4. The maximum Gasteiger partial charge on any atom is 0.337 e. The maximum absolute atomic E-state index is 13.7. The average Bonchev–Trinajstić information content (AvgIpc) is 2.62. The lowest BCUT2D eigenvalue weighted by molar-refractivity contribution is -0.125. The average molecular weight is 378 g/mol. The number of benzene rings is 2. The maximum atomic E-state index is 13.7. The number of carbonyl (C=O) groups excluding carboxylic acids is 1. The number of hydrogen-bond acceptors (Lipinski definition) is 3. The molecule has 1 saturated heterocycles. The number of carbonyl (C=O) groups is 2. The molecule has 0 saturated carbocycles. The second kappa shape index (κ2) is 7.43. The molecule has 1 heterocycles. The van der Waals surface area contributed by atoms with E-state index in [1.165, 1.54) is 30.3 Å². The van der Waals surface area contributed by atoms with Crippen molar-refractivity contribution < 1.29 is 23.8 Å². The van der Waals surface area contributed by atoms with Crippen molar-refractivity contribution in [3.8, 4) is 0 Å². The number of halogens is 2. The molecule has 1 amide bonds. The normalized spacial score (nSPS) is 16.1. The largest absolute Gasteiger partial charge is 0.478 e. The van der Waals surface area contributed by atoms with E-state index in [2.05, 4.69) is 5.32 Å². The zero-order valence-electron chi connectivity index (χ0n) is 13.8. The van der Waals surface area contributed by atoms with Crippen LogP contribution in [0.15, 0.2) is 42.5 Å². The third-order valence-corrected chi connectivity index (χ3v) is 4.93. The Labute approximate surface area is 154 Å². The Morgan fingerprint density at radius 3 is 2.50 bits per heavy atom. The fraction of sp³-hybridized carbons (Fsp3) is 0.263. The number of aromatic carboxylic acids is 1. The summed E-state index contributed by atoms with van der Waals surface area (Å²) in [6.07, 6.45) is 0.840. The van der Waals surface area contributed by atoms with Crippen molar-refractivity contribution in [2.24, 2.45) is 0 Å². The zero-order chi connectivity index (χ0) is 18.7. The van der Waals surface area contributed by atoms with E-state index in [4.69, 9.17) is 21.4 Å². The Kier molecular flexibility index (Phi) is 5.25. The van der Waals surface area contributed by atoms with Crippen LogP contribution < -0.4 is 5.32 Å². The zero-order valence-corrected chi connectivity index (χ0v) is 14.6. The van der Waals surface area contributed by atoms with E-state index in [1.807, 2.05) is 0 Å². The molecule has 2 aromatic rings. The van der Waals surface area contributed by atoms with Gasteiger partial charge < -0.3 is 15.2 Å². The van der Waals surface area contributed by atoms with Crippen molar-refractivity contribution in [1.29, 1.82) is 0 Å². The van der Waals surface area contributed by atoms with Crippen LogP contribution >= 0.6 is 11.6 Å². The van der Waals surface area contributed by atoms with Crippen molar-refractivity contribution in [2.45, 2.75) is 18.3 Å². The predicted molar refractivity (Wildman–Crippen MR) is 95.2 cm³/mol. The second-order valence-electron chi connectivity index (χ2n) is 6.16. The molecule has 0 atom stereocenters. The van der Waals surface area contributed by atoms with E-state index >= 15 is 0 Å². The van der Waals surface area contributed by atoms with Gasteiger partial charge in [0, 0.05) is 18.9 Å². The highest BCUT2D eigenvalue weighted by molar-refractivity contribution is 6.33. The molecule has 0 spiro atoms. The highest BCUT2D eigenvalue weighted by Crippen LogP contribution is 2.36. The van der Waals surface area contributed by atoms with E-state index in [0.29, 0.717) is 37.3 Å². The Bertz CT molecular complexity index is 849. The summed E-state index contributed by atoms with van der Waals surface area (Å²) < 4.78 is 19.1. The molecule has 0 unspecified atom stereocenters. The number of amides is 1. The Morgan fingerprint density at radius 2 is 1.88 bits per heavy atom. The van der Waals surface area contributed by atoms with Gasteiger partial charge in [0.15, 0.2) is 0 Å². The van der Waals surface area contributed by atoms with Crippen LogP contribution in [0.3, 0.4) is 0 Å². The summed E-state index contributed by atoms with van der Waals surface area (Å²) in [5, 5.41) is 11.8. The molecule has 0 radical (unpaired) electrons. The fourth-order valence-corrected chi connectivity index (χ4v) is 3.43. The summed E-state index contributed by atoms with van der Waals surface area (Å²) >= 11 is 5.96. The minimum absolute atomic E-state index is 0.0297. The monoisotopic (exact) mass is 377 g/mol. The minimum Gasteiger partial charge on any atom is -0.478 e. The molecule has 0 aromatic heterocycles. The van der Waals surface area contributed by atoms with Gasteiger partial charge in [-0.2, -0.15) is 0 Å². The molecule has 136 valence electrons. The number of carboxylic acids is 1. The molecule has 0 bridgehead atoms. The van der Waals surface area contributed by atoms with E-state index in [0.717, 1.165) is 0 Å². The lowest BCUT2D eigenvalue weighted by Gasteiger charge is -2.36. The first-order chi connectivity index (χ1) is 12.4. The highest BCUT2D eigenvalue weighted by Gasteiger charge is 2.42. The lowest BCUT2D eigenvalue weighted by Crippen LogP contribution is -2.44. The Hall–Kier alpha value is -2.44. The molecule has 2 N–H and O–H groups in total. The molecule has 1 aliphatic rings. The molecule has 0 aliphatic carbocycles. The number of hydrogen-bond donors (Lipinski definition) is 2. The first-order valence-electron chi connectivity index (χ1n) is 8.10. The van der Waals surface area contributed by atoms with Gasteiger partial charge >= 0.3 is 5.97 Å². The van der Waals surface area contributed by atoms with E-state index in [9.17, 15) is 14.0 Å². The van der Waals surface area contributed by atoms with Gasteiger partial charge in [-0.1, -0.05) is 23.7 Å². The van der Waals surface area contributed by atoms with Gasteiger partial charge in [-0.05, 0) is 48.7 Å². The van der Waals surface area contributed by atoms with Crippen LogP contribution in [0.1, 0.15) is 28.8 Å². The number of anilines is 1. The van der Waals surface area contributed by atoms with Crippen LogP contribution in [-0.4, -0.2) is 30.2 Å². The quantitative estimate of drug-likeness (QED) is 0.848. The number of carboxylic acid groups (broad SMARTS) is 1. The first-order valence-corrected chi connectivity index (χ1v) is 8.48.